The Kier molecular flexibility index (Phi) is 14.0. The van der Waals surface area contributed by atoms with Gasteiger partial charge in [0.05, 0.1) is 11.1 Å². The van der Waals surface area contributed by atoms with Crippen LogP contribution in [0.4, 0.5) is 0 Å². The van der Waals surface area contributed by atoms with Crippen LogP contribution in [-0.2, 0) is 19.0 Å². The smallest absolute Gasteiger partial charge is 0.339 e. The molecular formula is C26H25I6NO6. The van der Waals surface area contributed by atoms with E-state index in [0.717, 1.165) is 47.4 Å². The monoisotopic (exact) mass is 1210 g/mol. The first-order valence-corrected chi connectivity index (χ1v) is 18.3. The minimum absolute atomic E-state index is 0.193. The molecule has 1 heterocycles. The topological polar surface area (TPSA) is 90.9 Å². The highest BCUT2D eigenvalue weighted by atomic mass is 127. The summed E-state index contributed by atoms with van der Waals surface area (Å²) in [6.07, 6.45) is 1.78. The minimum atomic E-state index is -0.974. The summed E-state index contributed by atoms with van der Waals surface area (Å²) in [5.41, 5.74) is 0.135. The van der Waals surface area contributed by atoms with E-state index in [0.29, 0.717) is 11.1 Å². The molecule has 2 aromatic carbocycles. The zero-order valence-corrected chi connectivity index (χ0v) is 33.9. The van der Waals surface area contributed by atoms with Crippen LogP contribution in [0.5, 0.6) is 0 Å². The number of piperidine rings is 1. The summed E-state index contributed by atoms with van der Waals surface area (Å²) in [6.45, 7) is 5.00. The predicted octanol–water partition coefficient (Wildman–Crippen LogP) is 7.27. The van der Waals surface area contributed by atoms with Gasteiger partial charge in [-0.25, -0.2) is 9.59 Å². The lowest BCUT2D eigenvalue weighted by molar-refractivity contribution is -0.170. The van der Waals surface area contributed by atoms with E-state index in [1.807, 2.05) is 26.0 Å². The molecule has 2 aromatic rings. The van der Waals surface area contributed by atoms with Crippen molar-refractivity contribution < 1.29 is 28.6 Å². The van der Waals surface area contributed by atoms with Crippen molar-refractivity contribution in [3.8, 4) is 0 Å². The first-order chi connectivity index (χ1) is 18.3. The number of esters is 3. The van der Waals surface area contributed by atoms with Gasteiger partial charge in [-0.15, -0.1) is 0 Å². The van der Waals surface area contributed by atoms with Crippen LogP contribution in [0.25, 0.3) is 0 Å². The molecule has 1 aliphatic heterocycles. The highest BCUT2D eigenvalue weighted by Crippen LogP contribution is 2.30. The van der Waals surface area contributed by atoms with Gasteiger partial charge in [0.15, 0.2) is 0 Å². The molecule has 0 bridgehead atoms. The van der Waals surface area contributed by atoms with E-state index >= 15 is 0 Å². The first-order valence-electron chi connectivity index (χ1n) is 11.9. The van der Waals surface area contributed by atoms with Crippen LogP contribution in [0.15, 0.2) is 24.3 Å². The average Bonchev–Trinajstić information content (AvgIpc) is 2.88. The Morgan fingerprint density at radius 2 is 1.26 bits per heavy atom. The van der Waals surface area contributed by atoms with E-state index in [-0.39, 0.29) is 19.1 Å². The standard InChI is InChI=1S/C26H25I6NO6/c1-26(2,14-3-5-33-6-4-14)39-23(34)13(11-37-24(35)17-7-15(27)9-19(29)21(17)31)12-38-25(36)18-8-16(28)10-20(30)22(18)32/h7-10,13-14,33H,3-6,11-12H2,1-2H3. The van der Waals surface area contributed by atoms with Gasteiger partial charge in [-0.1, -0.05) is 0 Å². The van der Waals surface area contributed by atoms with Crippen molar-refractivity contribution in [1.29, 1.82) is 0 Å². The number of carbonyl (C=O) groups is 3. The lowest BCUT2D eigenvalue weighted by Gasteiger charge is -2.37. The summed E-state index contributed by atoms with van der Waals surface area (Å²) in [4.78, 5) is 39.4. The average molecular weight is 1210 g/mol. The van der Waals surface area contributed by atoms with Gasteiger partial charge in [0.2, 0.25) is 0 Å². The second-order valence-corrected chi connectivity index (χ2v) is 16.4. The Morgan fingerprint density at radius 1 is 0.821 bits per heavy atom. The summed E-state index contributed by atoms with van der Waals surface area (Å²) >= 11 is 12.9. The summed E-state index contributed by atoms with van der Waals surface area (Å²) in [6, 6.07) is 7.44. The molecule has 13 heteroatoms. The highest BCUT2D eigenvalue weighted by molar-refractivity contribution is 14.1. The minimum Gasteiger partial charge on any atom is -0.461 e. The lowest BCUT2D eigenvalue weighted by atomic mass is 9.83. The molecule has 0 spiro atoms. The maximum atomic E-state index is 13.4. The first kappa shape index (κ1) is 34.7. The van der Waals surface area contributed by atoms with Crippen LogP contribution in [0.3, 0.4) is 0 Å². The van der Waals surface area contributed by atoms with Crippen LogP contribution in [0.1, 0.15) is 47.4 Å². The van der Waals surface area contributed by atoms with Crippen molar-refractivity contribution in [3.05, 3.63) is 56.8 Å². The number of ether oxygens (including phenoxy) is 3. The Labute approximate surface area is 310 Å². The largest absolute Gasteiger partial charge is 0.461 e. The summed E-state index contributed by atoms with van der Waals surface area (Å²) in [5.74, 6) is -2.42. The van der Waals surface area contributed by atoms with Gasteiger partial charge in [0.25, 0.3) is 0 Å². The van der Waals surface area contributed by atoms with E-state index in [2.05, 4.69) is 141 Å². The molecule has 0 unspecified atom stereocenters. The van der Waals surface area contributed by atoms with Crippen LogP contribution in [-0.4, -0.2) is 49.8 Å². The van der Waals surface area contributed by atoms with Crippen LogP contribution >= 0.6 is 136 Å². The second kappa shape index (κ2) is 15.8. The molecule has 7 nitrogen and oxygen atoms in total. The lowest BCUT2D eigenvalue weighted by Crippen LogP contribution is -2.44. The maximum Gasteiger partial charge on any atom is 0.339 e. The fourth-order valence-electron chi connectivity index (χ4n) is 4.04. The third-order valence-electron chi connectivity index (χ3n) is 6.28. The second-order valence-electron chi connectivity index (χ2n) is 9.44. The number of benzene rings is 2. The Balaban J connectivity index is 1.77. The fourth-order valence-corrected chi connectivity index (χ4v) is 8.80. The van der Waals surface area contributed by atoms with Crippen molar-refractivity contribution >= 4 is 153 Å². The zero-order valence-electron chi connectivity index (χ0n) is 20.9. The van der Waals surface area contributed by atoms with Gasteiger partial charge in [-0.2, -0.15) is 0 Å². The molecule has 0 atom stereocenters. The molecule has 0 aromatic heterocycles. The molecule has 1 fully saturated rings. The number of hydrogen-bond acceptors (Lipinski definition) is 7. The Hall–Kier alpha value is 1.19. The molecule has 1 N–H and O–H groups in total. The van der Waals surface area contributed by atoms with Crippen molar-refractivity contribution in [2.24, 2.45) is 11.8 Å². The van der Waals surface area contributed by atoms with Gasteiger partial charge >= 0.3 is 17.9 Å². The molecule has 3 rings (SSSR count). The third kappa shape index (κ3) is 9.85. The van der Waals surface area contributed by atoms with Crippen molar-refractivity contribution in [3.63, 3.8) is 0 Å². The number of halogens is 6. The van der Waals surface area contributed by atoms with Crippen LogP contribution in [0.2, 0.25) is 0 Å². The van der Waals surface area contributed by atoms with E-state index in [1.54, 1.807) is 12.1 Å². The summed E-state index contributed by atoms with van der Waals surface area (Å²) in [7, 11) is 0. The van der Waals surface area contributed by atoms with E-state index in [9.17, 15) is 14.4 Å². The van der Waals surface area contributed by atoms with E-state index < -0.39 is 29.4 Å². The van der Waals surface area contributed by atoms with Gasteiger partial charge in [0.1, 0.15) is 24.7 Å². The molecule has 0 amide bonds. The van der Waals surface area contributed by atoms with E-state index in [4.69, 9.17) is 14.2 Å². The normalized spacial score (nSPS) is 14.3. The van der Waals surface area contributed by atoms with Gasteiger partial charge in [0, 0.05) is 27.3 Å². The highest BCUT2D eigenvalue weighted by Gasteiger charge is 2.37. The van der Waals surface area contributed by atoms with Crippen LogP contribution < -0.4 is 5.32 Å². The summed E-state index contributed by atoms with van der Waals surface area (Å²) in [5, 5.41) is 3.33. The molecule has 39 heavy (non-hydrogen) atoms. The molecule has 0 radical (unpaired) electrons. The molecular weight excluding hydrogens is 1180 g/mol. The zero-order chi connectivity index (χ0) is 28.9. The van der Waals surface area contributed by atoms with Crippen molar-refractivity contribution in [2.45, 2.75) is 32.3 Å². The molecule has 0 saturated carbocycles. The van der Waals surface area contributed by atoms with Gasteiger partial charge in [-0.3, -0.25) is 4.79 Å². The SMILES string of the molecule is CC(C)(OC(=O)C(COC(=O)c1cc(I)cc(I)c1I)COC(=O)c1cc(I)cc(I)c1I)C1CCNCC1. The van der Waals surface area contributed by atoms with Crippen LogP contribution in [0, 0.1) is 33.3 Å². The number of rotatable bonds is 9. The number of carbonyl (C=O) groups excluding carboxylic acids is 3. The Morgan fingerprint density at radius 3 is 1.69 bits per heavy atom. The quantitative estimate of drug-likeness (QED) is 0.122. The molecule has 1 aliphatic rings. The fraction of sp³-hybridized carbons (Fsp3) is 0.423. The summed E-state index contributed by atoms with van der Waals surface area (Å²) < 4.78 is 22.4. The van der Waals surface area contributed by atoms with Crippen molar-refractivity contribution in [1.82, 2.24) is 5.32 Å². The number of nitrogens with one attached hydrogen (secondary N) is 1. The molecule has 1 saturated heterocycles. The van der Waals surface area contributed by atoms with Crippen molar-refractivity contribution in [2.75, 3.05) is 26.3 Å². The van der Waals surface area contributed by atoms with Gasteiger partial charge in [-0.05, 0) is 200 Å². The molecule has 0 aliphatic carbocycles. The van der Waals surface area contributed by atoms with E-state index in [1.165, 1.54) is 0 Å². The Bertz CT molecular complexity index is 1170. The maximum absolute atomic E-state index is 13.4. The third-order valence-corrected chi connectivity index (χ3v) is 13.6. The number of hydrogen-bond donors (Lipinski definition) is 1. The van der Waals surface area contributed by atoms with Gasteiger partial charge < -0.3 is 19.5 Å². The predicted molar refractivity (Wildman–Crippen MR) is 199 cm³/mol. The molecule has 212 valence electrons.